The number of amides is 1. The van der Waals surface area contributed by atoms with Crippen LogP contribution in [-0.2, 0) is 11.2 Å². The Labute approximate surface area is 150 Å². The van der Waals surface area contributed by atoms with E-state index in [0.717, 1.165) is 11.3 Å². The summed E-state index contributed by atoms with van der Waals surface area (Å²) in [6.45, 7) is 0.830. The van der Waals surface area contributed by atoms with Crippen molar-refractivity contribution >= 4 is 11.6 Å². The minimum absolute atomic E-state index is 0.0174. The molecular weight excluding hydrogens is 334 g/mol. The van der Waals surface area contributed by atoms with Gasteiger partial charge in [-0.2, -0.15) is 0 Å². The minimum Gasteiger partial charge on any atom is -0.497 e. The number of nitrogens with two attached hydrogens (primary N) is 1. The van der Waals surface area contributed by atoms with Crippen LogP contribution in [0.25, 0.3) is 16.9 Å². The normalized spacial score (nSPS) is 10.8. The Morgan fingerprint density at radius 3 is 2.81 bits per heavy atom. The number of hydrogen-bond donors (Lipinski definition) is 3. The van der Waals surface area contributed by atoms with Crippen LogP contribution in [0.15, 0.2) is 36.7 Å². The van der Waals surface area contributed by atoms with Crippen molar-refractivity contribution in [2.45, 2.75) is 12.8 Å². The molecule has 3 rings (SSSR count). The van der Waals surface area contributed by atoms with E-state index in [1.165, 1.54) is 0 Å². The molecule has 136 valence electrons. The lowest BCUT2D eigenvalue weighted by Crippen LogP contribution is -2.29. The lowest BCUT2D eigenvalue weighted by atomic mass is 10.1. The van der Waals surface area contributed by atoms with Gasteiger partial charge in [0.05, 0.1) is 19.0 Å². The van der Waals surface area contributed by atoms with E-state index in [0.29, 0.717) is 36.5 Å². The topological polar surface area (TPSA) is 115 Å². The van der Waals surface area contributed by atoms with Crippen LogP contribution in [0.3, 0.4) is 0 Å². The predicted molar refractivity (Wildman–Crippen MR) is 97.0 cm³/mol. The van der Waals surface area contributed by atoms with Gasteiger partial charge in [0.25, 0.3) is 0 Å². The summed E-state index contributed by atoms with van der Waals surface area (Å²) in [6, 6.07) is 7.48. The van der Waals surface area contributed by atoms with Gasteiger partial charge in [-0.25, -0.2) is 4.98 Å². The van der Waals surface area contributed by atoms with Gasteiger partial charge in [0.1, 0.15) is 11.4 Å². The number of fused-ring (bicyclic) bond motifs is 1. The van der Waals surface area contributed by atoms with Crippen molar-refractivity contribution in [1.82, 2.24) is 19.7 Å². The van der Waals surface area contributed by atoms with Crippen LogP contribution >= 0.6 is 0 Å². The molecule has 0 bridgehead atoms. The zero-order valence-corrected chi connectivity index (χ0v) is 14.5. The molecule has 0 saturated heterocycles. The van der Waals surface area contributed by atoms with Crippen LogP contribution in [0, 0.1) is 0 Å². The van der Waals surface area contributed by atoms with Gasteiger partial charge < -0.3 is 20.9 Å². The molecule has 0 aliphatic heterocycles. The second-order valence-corrected chi connectivity index (χ2v) is 5.75. The Morgan fingerprint density at radius 1 is 1.35 bits per heavy atom. The largest absolute Gasteiger partial charge is 0.497 e. The molecule has 0 aliphatic rings. The Bertz CT molecular complexity index is 905. The average Bonchev–Trinajstić information content (AvgIpc) is 3.00. The monoisotopic (exact) mass is 355 g/mol. The van der Waals surface area contributed by atoms with Crippen molar-refractivity contribution in [2.75, 3.05) is 20.2 Å². The van der Waals surface area contributed by atoms with Crippen molar-refractivity contribution in [2.24, 2.45) is 5.73 Å². The summed E-state index contributed by atoms with van der Waals surface area (Å²) >= 11 is 0. The van der Waals surface area contributed by atoms with Gasteiger partial charge in [0.15, 0.2) is 5.65 Å². The summed E-state index contributed by atoms with van der Waals surface area (Å²) in [4.78, 5) is 20.4. The summed E-state index contributed by atoms with van der Waals surface area (Å²) in [5.41, 5.74) is 7.92. The summed E-state index contributed by atoms with van der Waals surface area (Å²) in [5.74, 6) is 0.656. The molecule has 4 N–H and O–H groups in total. The second kappa shape index (κ2) is 7.83. The molecule has 2 heterocycles. The van der Waals surface area contributed by atoms with Gasteiger partial charge in [0.2, 0.25) is 11.8 Å². The van der Waals surface area contributed by atoms with E-state index in [9.17, 15) is 9.90 Å². The molecular formula is C18H21N5O3. The Kier molecular flexibility index (Phi) is 5.33. The number of carbonyl (C=O) groups is 1. The number of benzene rings is 1. The minimum atomic E-state index is -0.121. The number of rotatable bonds is 7. The van der Waals surface area contributed by atoms with E-state index in [1.807, 2.05) is 24.3 Å². The third-order valence-corrected chi connectivity index (χ3v) is 3.99. The molecule has 26 heavy (non-hydrogen) atoms. The van der Waals surface area contributed by atoms with Gasteiger partial charge in [-0.15, -0.1) is 0 Å². The van der Waals surface area contributed by atoms with Crippen molar-refractivity contribution < 1.29 is 14.6 Å². The Morgan fingerprint density at radius 2 is 2.12 bits per heavy atom. The van der Waals surface area contributed by atoms with Crippen LogP contribution < -0.4 is 15.8 Å². The van der Waals surface area contributed by atoms with E-state index in [1.54, 1.807) is 23.9 Å². The number of methoxy groups -OCH3 is 1. The standard InChI is InChI=1S/C18H21N5O3/c1-26-13-4-2-12(3-5-13)15-11-23-16(10-21-15)22-14(18(23)25)6-7-17(24)20-9-8-19/h2-5,10-11,25H,6-9,19H2,1H3,(H,20,24). The maximum atomic E-state index is 11.7. The number of nitrogens with zero attached hydrogens (tertiary/aromatic N) is 3. The summed E-state index contributed by atoms with van der Waals surface area (Å²) in [7, 11) is 1.61. The highest BCUT2D eigenvalue weighted by Crippen LogP contribution is 2.25. The number of aromatic nitrogens is 3. The van der Waals surface area contributed by atoms with Crippen LogP contribution in [0.5, 0.6) is 11.6 Å². The van der Waals surface area contributed by atoms with Crippen molar-refractivity contribution in [3.05, 3.63) is 42.4 Å². The van der Waals surface area contributed by atoms with Crippen LogP contribution in [-0.4, -0.2) is 45.6 Å². The Balaban J connectivity index is 1.81. The number of imidazole rings is 1. The number of aryl methyl sites for hydroxylation is 1. The first-order valence-corrected chi connectivity index (χ1v) is 8.29. The lowest BCUT2D eigenvalue weighted by molar-refractivity contribution is -0.121. The first kappa shape index (κ1) is 17.7. The molecule has 0 unspecified atom stereocenters. The van der Waals surface area contributed by atoms with E-state index in [2.05, 4.69) is 15.3 Å². The third-order valence-electron chi connectivity index (χ3n) is 3.99. The van der Waals surface area contributed by atoms with E-state index in [-0.39, 0.29) is 18.2 Å². The molecule has 0 radical (unpaired) electrons. The molecule has 0 spiro atoms. The summed E-state index contributed by atoms with van der Waals surface area (Å²) < 4.78 is 6.72. The second-order valence-electron chi connectivity index (χ2n) is 5.75. The van der Waals surface area contributed by atoms with Gasteiger partial charge in [-0.1, -0.05) is 0 Å². The quantitative estimate of drug-likeness (QED) is 0.585. The van der Waals surface area contributed by atoms with Crippen molar-refractivity contribution in [1.29, 1.82) is 0 Å². The zero-order chi connectivity index (χ0) is 18.5. The van der Waals surface area contributed by atoms with Gasteiger partial charge >= 0.3 is 0 Å². The number of hydrogen-bond acceptors (Lipinski definition) is 6. The van der Waals surface area contributed by atoms with Crippen LogP contribution in [0.2, 0.25) is 0 Å². The number of aromatic hydroxyl groups is 1. The smallest absolute Gasteiger partial charge is 0.220 e. The molecule has 3 aromatic rings. The fourth-order valence-corrected chi connectivity index (χ4v) is 2.60. The highest BCUT2D eigenvalue weighted by molar-refractivity contribution is 5.76. The van der Waals surface area contributed by atoms with Gasteiger partial charge in [-0.3, -0.25) is 14.2 Å². The molecule has 1 aromatic carbocycles. The average molecular weight is 355 g/mol. The van der Waals surface area contributed by atoms with E-state index >= 15 is 0 Å². The maximum absolute atomic E-state index is 11.7. The first-order valence-electron chi connectivity index (χ1n) is 8.29. The van der Waals surface area contributed by atoms with Crippen molar-refractivity contribution in [3.63, 3.8) is 0 Å². The fraction of sp³-hybridized carbons (Fsp3) is 0.278. The highest BCUT2D eigenvalue weighted by Gasteiger charge is 2.14. The zero-order valence-electron chi connectivity index (χ0n) is 14.5. The SMILES string of the molecule is COc1ccc(-c2cn3c(O)c(CCC(=O)NCCN)nc3cn2)cc1. The molecule has 0 fully saturated rings. The van der Waals surface area contributed by atoms with E-state index < -0.39 is 0 Å². The van der Waals surface area contributed by atoms with Crippen LogP contribution in [0.4, 0.5) is 0 Å². The summed E-state index contributed by atoms with van der Waals surface area (Å²) in [5, 5.41) is 13.1. The molecule has 0 atom stereocenters. The third kappa shape index (κ3) is 3.75. The van der Waals surface area contributed by atoms with Crippen LogP contribution in [0.1, 0.15) is 12.1 Å². The Hall–Kier alpha value is -3.13. The predicted octanol–water partition coefficient (Wildman–Crippen LogP) is 1.12. The first-order chi connectivity index (χ1) is 12.6. The van der Waals surface area contributed by atoms with Gasteiger partial charge in [-0.05, 0) is 24.3 Å². The lowest BCUT2D eigenvalue weighted by Gasteiger charge is -2.04. The molecule has 2 aromatic heterocycles. The maximum Gasteiger partial charge on any atom is 0.220 e. The van der Waals surface area contributed by atoms with Crippen molar-refractivity contribution in [3.8, 4) is 22.9 Å². The molecule has 0 aliphatic carbocycles. The molecule has 1 amide bonds. The number of ether oxygens (including phenoxy) is 1. The highest BCUT2D eigenvalue weighted by atomic mass is 16.5. The molecule has 0 saturated carbocycles. The molecule has 8 nitrogen and oxygen atoms in total. The van der Waals surface area contributed by atoms with Gasteiger partial charge in [0, 0.05) is 37.7 Å². The molecule has 8 heteroatoms. The summed E-state index contributed by atoms with van der Waals surface area (Å²) in [6.07, 6.45) is 3.88. The van der Waals surface area contributed by atoms with E-state index in [4.69, 9.17) is 10.5 Å². The number of carbonyl (C=O) groups excluding carboxylic acids is 1. The number of nitrogens with one attached hydrogen (secondary N) is 1. The fourth-order valence-electron chi connectivity index (χ4n) is 2.60.